The molecule has 0 spiro atoms. The lowest BCUT2D eigenvalue weighted by Gasteiger charge is -2.06. The van der Waals surface area contributed by atoms with Gasteiger partial charge in [-0.1, -0.05) is 82.9 Å². The highest BCUT2D eigenvalue weighted by molar-refractivity contribution is 6.04. The first kappa shape index (κ1) is 19.4. The number of hydrogen-bond donors (Lipinski definition) is 1. The number of aromatic nitrogens is 1. The summed E-state index contributed by atoms with van der Waals surface area (Å²) in [7, 11) is 0. The average Bonchev–Trinajstić information content (AvgIpc) is 2.62. The van der Waals surface area contributed by atoms with Gasteiger partial charge in [-0.2, -0.15) is 0 Å². The van der Waals surface area contributed by atoms with E-state index in [9.17, 15) is 4.79 Å². The Morgan fingerprint density at radius 2 is 1.52 bits per heavy atom. The summed E-state index contributed by atoms with van der Waals surface area (Å²) in [5.41, 5.74) is 7.77. The van der Waals surface area contributed by atoms with Gasteiger partial charge in [0.1, 0.15) is 0 Å². The summed E-state index contributed by atoms with van der Waals surface area (Å²) in [6, 6.07) is 9.69. The Morgan fingerprint density at radius 1 is 0.880 bits per heavy atom. The van der Waals surface area contributed by atoms with E-state index in [1.807, 2.05) is 18.2 Å². The van der Waals surface area contributed by atoms with E-state index < -0.39 is 5.91 Å². The Morgan fingerprint density at radius 3 is 2.16 bits per heavy atom. The fraction of sp³-hybridized carbons (Fsp3) is 0.545. The van der Waals surface area contributed by atoms with Crippen LogP contribution < -0.4 is 5.73 Å². The van der Waals surface area contributed by atoms with Gasteiger partial charge in [0.25, 0.3) is 5.91 Å². The summed E-state index contributed by atoms with van der Waals surface area (Å²) < 4.78 is 0. The van der Waals surface area contributed by atoms with Gasteiger partial charge in [-0.15, -0.1) is 0 Å². The van der Waals surface area contributed by atoms with Gasteiger partial charge in [-0.25, -0.2) is 0 Å². The number of fused-ring (bicyclic) bond motifs is 1. The largest absolute Gasteiger partial charge is 0.366 e. The highest BCUT2D eigenvalue weighted by Gasteiger charge is 2.08. The number of carbonyl (C=O) groups excluding carboxylic acids is 1. The van der Waals surface area contributed by atoms with E-state index in [4.69, 9.17) is 5.73 Å². The van der Waals surface area contributed by atoms with Crippen LogP contribution in [0.1, 0.15) is 87.2 Å². The molecule has 1 amide bonds. The topological polar surface area (TPSA) is 56.0 Å². The van der Waals surface area contributed by atoms with Gasteiger partial charge in [-0.3, -0.25) is 9.78 Å². The van der Waals surface area contributed by atoms with Crippen LogP contribution in [0.3, 0.4) is 0 Å². The maximum Gasteiger partial charge on any atom is 0.250 e. The van der Waals surface area contributed by atoms with Crippen LogP contribution in [0, 0.1) is 0 Å². The van der Waals surface area contributed by atoms with Gasteiger partial charge in [0.2, 0.25) is 0 Å². The van der Waals surface area contributed by atoms with Crippen LogP contribution in [0.25, 0.3) is 10.9 Å². The molecule has 3 heteroatoms. The number of hydrogen-bond acceptors (Lipinski definition) is 2. The van der Waals surface area contributed by atoms with Gasteiger partial charge in [0, 0.05) is 11.1 Å². The number of para-hydroxylation sites is 1. The predicted octanol–water partition coefficient (Wildman–Crippen LogP) is 5.80. The number of amides is 1. The Kier molecular flexibility index (Phi) is 8.44. The number of nitrogens with zero attached hydrogens (tertiary/aromatic N) is 1. The van der Waals surface area contributed by atoms with Crippen molar-refractivity contribution < 1.29 is 4.79 Å². The molecule has 0 unspecified atom stereocenters. The van der Waals surface area contributed by atoms with Crippen LogP contribution in [-0.2, 0) is 6.42 Å². The third kappa shape index (κ3) is 6.49. The molecule has 0 fully saturated rings. The van der Waals surface area contributed by atoms with Crippen molar-refractivity contribution in [3.05, 3.63) is 41.6 Å². The molecule has 0 aliphatic rings. The molecule has 0 saturated carbocycles. The summed E-state index contributed by atoms with van der Waals surface area (Å²) in [5.74, 6) is -0.408. The minimum atomic E-state index is -0.408. The monoisotopic (exact) mass is 340 g/mol. The zero-order valence-electron chi connectivity index (χ0n) is 15.6. The Balaban J connectivity index is 1.71. The van der Waals surface area contributed by atoms with E-state index in [-0.39, 0.29) is 0 Å². The van der Waals surface area contributed by atoms with Crippen molar-refractivity contribution in [2.75, 3.05) is 0 Å². The first-order valence-corrected chi connectivity index (χ1v) is 9.91. The molecule has 1 aromatic heterocycles. The molecule has 0 aliphatic heterocycles. The smallest absolute Gasteiger partial charge is 0.250 e. The molecule has 2 rings (SSSR count). The van der Waals surface area contributed by atoms with Crippen LogP contribution in [0.4, 0.5) is 0 Å². The Labute approximate surface area is 152 Å². The van der Waals surface area contributed by atoms with Gasteiger partial charge in [0.15, 0.2) is 0 Å². The predicted molar refractivity (Wildman–Crippen MR) is 106 cm³/mol. The first-order chi connectivity index (χ1) is 12.2. The molecule has 2 aromatic rings. The number of carbonyl (C=O) groups is 1. The summed E-state index contributed by atoms with van der Waals surface area (Å²) in [6.07, 6.45) is 14.3. The third-order valence-corrected chi connectivity index (χ3v) is 4.83. The van der Waals surface area contributed by atoms with Crippen LogP contribution in [0.5, 0.6) is 0 Å². The van der Waals surface area contributed by atoms with E-state index in [1.54, 1.807) is 6.07 Å². The minimum absolute atomic E-state index is 0.408. The lowest BCUT2D eigenvalue weighted by Crippen LogP contribution is -2.12. The second-order valence-corrected chi connectivity index (χ2v) is 6.98. The summed E-state index contributed by atoms with van der Waals surface area (Å²) in [4.78, 5) is 16.2. The minimum Gasteiger partial charge on any atom is -0.366 e. The number of rotatable bonds is 12. The van der Waals surface area contributed by atoms with Crippen molar-refractivity contribution in [1.29, 1.82) is 0 Å². The molecule has 0 saturated heterocycles. The number of nitrogens with two attached hydrogens (primary N) is 1. The number of benzene rings is 1. The van der Waals surface area contributed by atoms with E-state index in [0.717, 1.165) is 29.4 Å². The summed E-state index contributed by atoms with van der Waals surface area (Å²) in [6.45, 7) is 2.26. The SMILES string of the molecule is CCCCCCCCCCCCc1ccc2cccc(C(N)=O)c2n1. The molecule has 0 radical (unpaired) electrons. The fourth-order valence-electron chi connectivity index (χ4n) is 3.32. The molecule has 0 aliphatic carbocycles. The van der Waals surface area contributed by atoms with Gasteiger partial charge < -0.3 is 5.73 Å². The molecular weight excluding hydrogens is 308 g/mol. The van der Waals surface area contributed by atoms with Gasteiger partial charge in [-0.05, 0) is 25.0 Å². The van der Waals surface area contributed by atoms with Crippen LogP contribution in [-0.4, -0.2) is 10.9 Å². The van der Waals surface area contributed by atoms with Crippen LogP contribution in [0.15, 0.2) is 30.3 Å². The highest BCUT2D eigenvalue weighted by atomic mass is 16.1. The number of primary amides is 1. The molecule has 136 valence electrons. The van der Waals surface area contributed by atoms with Gasteiger partial charge >= 0.3 is 0 Å². The normalized spacial score (nSPS) is 11.1. The molecule has 2 N–H and O–H groups in total. The van der Waals surface area contributed by atoms with E-state index in [1.165, 1.54) is 57.8 Å². The molecule has 1 aromatic carbocycles. The lowest BCUT2D eigenvalue weighted by molar-refractivity contribution is 0.100. The second-order valence-electron chi connectivity index (χ2n) is 6.98. The lowest BCUT2D eigenvalue weighted by atomic mass is 10.0. The van der Waals surface area contributed by atoms with Crippen LogP contribution >= 0.6 is 0 Å². The number of unbranched alkanes of at least 4 members (excludes halogenated alkanes) is 9. The maximum atomic E-state index is 11.6. The van der Waals surface area contributed by atoms with Crippen molar-refractivity contribution >= 4 is 16.8 Å². The Bertz CT molecular complexity index is 666. The van der Waals surface area contributed by atoms with Crippen molar-refractivity contribution in [2.24, 2.45) is 5.73 Å². The highest BCUT2D eigenvalue weighted by Crippen LogP contribution is 2.18. The third-order valence-electron chi connectivity index (χ3n) is 4.83. The van der Waals surface area contributed by atoms with Crippen molar-refractivity contribution in [2.45, 2.75) is 77.6 Å². The standard InChI is InChI=1S/C22H32N2O/c1-2-3-4-5-6-7-8-9-10-11-14-19-17-16-18-13-12-15-20(22(23)25)21(18)24-19/h12-13,15-17H,2-11,14H2,1H3,(H2,23,25). The summed E-state index contributed by atoms with van der Waals surface area (Å²) in [5, 5.41) is 0.975. The molecule has 0 atom stereocenters. The zero-order chi connectivity index (χ0) is 17.9. The maximum absolute atomic E-state index is 11.6. The van der Waals surface area contributed by atoms with Crippen LogP contribution in [0.2, 0.25) is 0 Å². The molecule has 3 nitrogen and oxygen atoms in total. The quantitative estimate of drug-likeness (QED) is 0.497. The number of pyridine rings is 1. The molecular formula is C22H32N2O. The van der Waals surface area contributed by atoms with Crippen molar-refractivity contribution in [3.8, 4) is 0 Å². The van der Waals surface area contributed by atoms with Gasteiger partial charge in [0.05, 0.1) is 11.1 Å². The first-order valence-electron chi connectivity index (χ1n) is 9.91. The molecule has 1 heterocycles. The zero-order valence-corrected chi connectivity index (χ0v) is 15.6. The molecule has 25 heavy (non-hydrogen) atoms. The van der Waals surface area contributed by atoms with E-state index >= 15 is 0 Å². The van der Waals surface area contributed by atoms with E-state index in [0.29, 0.717) is 5.56 Å². The fourth-order valence-corrected chi connectivity index (χ4v) is 3.32. The second kappa shape index (κ2) is 10.9. The molecule has 0 bridgehead atoms. The van der Waals surface area contributed by atoms with Crippen molar-refractivity contribution in [1.82, 2.24) is 4.98 Å². The van der Waals surface area contributed by atoms with Crippen molar-refractivity contribution in [3.63, 3.8) is 0 Å². The average molecular weight is 341 g/mol. The van der Waals surface area contributed by atoms with E-state index in [2.05, 4.69) is 18.0 Å². The summed E-state index contributed by atoms with van der Waals surface area (Å²) >= 11 is 0. The Hall–Kier alpha value is -1.90. The number of aryl methyl sites for hydroxylation is 1.